The van der Waals surface area contributed by atoms with Crippen LogP contribution >= 0.6 is 11.3 Å². The molecule has 2 rings (SSSR count). The number of rotatable bonds is 5. The van der Waals surface area contributed by atoms with Gasteiger partial charge in [-0.15, -0.1) is 0 Å². The van der Waals surface area contributed by atoms with Crippen molar-refractivity contribution in [1.82, 2.24) is 4.98 Å². The number of aliphatic carboxylic acids is 1. The summed E-state index contributed by atoms with van der Waals surface area (Å²) >= 11 is 1.27. The van der Waals surface area contributed by atoms with Crippen LogP contribution < -0.4 is 5.32 Å². The van der Waals surface area contributed by atoms with Crippen molar-refractivity contribution in [3.05, 3.63) is 17.2 Å². The van der Waals surface area contributed by atoms with Crippen molar-refractivity contribution >= 4 is 34.4 Å². The first kappa shape index (κ1) is 14.7. The summed E-state index contributed by atoms with van der Waals surface area (Å²) in [6, 6.07) is 0. The molecule has 108 valence electrons. The zero-order valence-electron chi connectivity index (χ0n) is 11.2. The van der Waals surface area contributed by atoms with Gasteiger partial charge >= 0.3 is 5.97 Å². The molecular formula is C14H18N2O3S. The lowest BCUT2D eigenvalue weighted by Crippen LogP contribution is -2.18. The number of carbonyl (C=O) groups excluding carboxylic acids is 1. The molecule has 0 bridgehead atoms. The van der Waals surface area contributed by atoms with Gasteiger partial charge in [0.25, 0.3) is 0 Å². The van der Waals surface area contributed by atoms with Crippen LogP contribution in [0.15, 0.2) is 12.3 Å². The molecule has 0 spiro atoms. The minimum Gasteiger partial charge on any atom is -0.478 e. The number of amides is 1. The van der Waals surface area contributed by atoms with E-state index in [2.05, 4.69) is 10.3 Å². The lowest BCUT2D eigenvalue weighted by Gasteiger charge is -2.20. The molecule has 20 heavy (non-hydrogen) atoms. The Balaban J connectivity index is 1.83. The summed E-state index contributed by atoms with van der Waals surface area (Å²) in [7, 11) is 0. The lowest BCUT2D eigenvalue weighted by molar-refractivity contribution is -0.131. The maximum Gasteiger partial charge on any atom is 0.328 e. The minimum absolute atomic E-state index is 0.0000131. The van der Waals surface area contributed by atoms with Crippen LogP contribution in [0, 0.1) is 5.92 Å². The van der Waals surface area contributed by atoms with Crippen LogP contribution in [-0.4, -0.2) is 22.0 Å². The van der Waals surface area contributed by atoms with Crippen molar-refractivity contribution < 1.29 is 14.7 Å². The molecule has 5 nitrogen and oxygen atoms in total. The largest absolute Gasteiger partial charge is 0.478 e. The first-order valence-electron chi connectivity index (χ1n) is 6.80. The third kappa shape index (κ3) is 4.77. The van der Waals surface area contributed by atoms with E-state index in [0.29, 0.717) is 22.3 Å². The average Bonchev–Trinajstić information content (AvgIpc) is 2.85. The molecule has 1 aromatic rings. The Bertz CT molecular complexity index is 504. The molecule has 6 heteroatoms. The van der Waals surface area contributed by atoms with Gasteiger partial charge in [0.15, 0.2) is 5.13 Å². The zero-order valence-corrected chi connectivity index (χ0v) is 12.0. The van der Waals surface area contributed by atoms with Crippen LogP contribution in [0.2, 0.25) is 0 Å². The van der Waals surface area contributed by atoms with Crippen molar-refractivity contribution in [3.8, 4) is 0 Å². The average molecular weight is 294 g/mol. The first-order chi connectivity index (χ1) is 9.63. The predicted octanol–water partition coefficient (Wildman–Crippen LogP) is 3.15. The van der Waals surface area contributed by atoms with Crippen LogP contribution in [0.1, 0.15) is 43.4 Å². The Morgan fingerprint density at radius 2 is 2.15 bits per heavy atom. The van der Waals surface area contributed by atoms with Crippen molar-refractivity contribution in [3.63, 3.8) is 0 Å². The zero-order chi connectivity index (χ0) is 14.4. The van der Waals surface area contributed by atoms with Crippen LogP contribution in [0.25, 0.3) is 6.08 Å². The van der Waals surface area contributed by atoms with Gasteiger partial charge in [0, 0.05) is 23.6 Å². The molecule has 0 atom stereocenters. The molecule has 0 aliphatic heterocycles. The summed E-state index contributed by atoms with van der Waals surface area (Å²) in [5.41, 5.74) is 0. The minimum atomic E-state index is -0.999. The van der Waals surface area contributed by atoms with E-state index >= 15 is 0 Å². The van der Waals surface area contributed by atoms with Gasteiger partial charge < -0.3 is 10.4 Å². The quantitative estimate of drug-likeness (QED) is 0.818. The summed E-state index contributed by atoms with van der Waals surface area (Å²) in [6.07, 6.45) is 10.6. The van der Waals surface area contributed by atoms with E-state index in [-0.39, 0.29) is 5.91 Å². The summed E-state index contributed by atoms with van der Waals surface area (Å²) in [5, 5.41) is 11.8. The molecular weight excluding hydrogens is 276 g/mol. The summed E-state index contributed by atoms with van der Waals surface area (Å²) in [5.74, 6) is -0.503. The Hall–Kier alpha value is -1.69. The number of nitrogens with one attached hydrogen (secondary N) is 1. The summed E-state index contributed by atoms with van der Waals surface area (Å²) < 4.78 is 0. The number of hydrogen-bond donors (Lipinski definition) is 2. The van der Waals surface area contributed by atoms with Crippen LogP contribution in [-0.2, 0) is 9.59 Å². The smallest absolute Gasteiger partial charge is 0.328 e. The van der Waals surface area contributed by atoms with E-state index < -0.39 is 5.97 Å². The SMILES string of the molecule is O=C(O)C=Cc1cnc(NC(=O)CC2CCCCC2)s1. The maximum atomic E-state index is 11.9. The van der Waals surface area contributed by atoms with E-state index in [9.17, 15) is 9.59 Å². The normalized spacial score (nSPS) is 16.4. The van der Waals surface area contributed by atoms with E-state index in [1.165, 1.54) is 36.7 Å². The van der Waals surface area contributed by atoms with Gasteiger partial charge in [0.1, 0.15) is 0 Å². The highest BCUT2D eigenvalue weighted by Crippen LogP contribution is 2.27. The molecule has 0 radical (unpaired) electrons. The van der Waals surface area contributed by atoms with Crippen molar-refractivity contribution in [2.24, 2.45) is 5.92 Å². The summed E-state index contributed by atoms with van der Waals surface area (Å²) in [6.45, 7) is 0. The van der Waals surface area contributed by atoms with Gasteiger partial charge in [-0.05, 0) is 24.8 Å². The molecule has 2 N–H and O–H groups in total. The number of thiazole rings is 1. The predicted molar refractivity (Wildman–Crippen MR) is 78.6 cm³/mol. The topological polar surface area (TPSA) is 79.3 Å². The number of hydrogen-bond acceptors (Lipinski definition) is 4. The summed E-state index contributed by atoms with van der Waals surface area (Å²) in [4.78, 5) is 27.1. The van der Waals surface area contributed by atoms with E-state index in [4.69, 9.17) is 5.11 Å². The van der Waals surface area contributed by atoms with Gasteiger partial charge in [0.2, 0.25) is 5.91 Å². The first-order valence-corrected chi connectivity index (χ1v) is 7.62. The van der Waals surface area contributed by atoms with E-state index in [1.54, 1.807) is 6.20 Å². The number of nitrogens with zero attached hydrogens (tertiary/aromatic N) is 1. The Kier molecular flexibility index (Phi) is 5.29. The number of anilines is 1. The highest BCUT2D eigenvalue weighted by atomic mass is 32.1. The second-order valence-corrected chi connectivity index (χ2v) is 6.06. The van der Waals surface area contributed by atoms with Gasteiger partial charge in [-0.25, -0.2) is 9.78 Å². The number of carbonyl (C=O) groups is 2. The Morgan fingerprint density at radius 3 is 2.85 bits per heavy atom. The Labute approximate surface area is 121 Å². The van der Waals surface area contributed by atoms with E-state index in [1.807, 2.05) is 0 Å². The van der Waals surface area contributed by atoms with Crippen LogP contribution in [0.3, 0.4) is 0 Å². The second-order valence-electron chi connectivity index (χ2n) is 5.00. The van der Waals surface area contributed by atoms with Gasteiger partial charge in [-0.2, -0.15) is 0 Å². The molecule has 1 aliphatic rings. The van der Waals surface area contributed by atoms with Crippen molar-refractivity contribution in [1.29, 1.82) is 0 Å². The molecule has 1 aliphatic carbocycles. The fourth-order valence-corrected chi connectivity index (χ4v) is 3.13. The number of aromatic nitrogens is 1. The molecule has 0 saturated heterocycles. The Morgan fingerprint density at radius 1 is 1.40 bits per heavy atom. The fraction of sp³-hybridized carbons (Fsp3) is 0.500. The van der Waals surface area contributed by atoms with Gasteiger partial charge in [-0.1, -0.05) is 30.6 Å². The van der Waals surface area contributed by atoms with Crippen LogP contribution in [0.5, 0.6) is 0 Å². The number of carboxylic acid groups (broad SMARTS) is 1. The third-order valence-corrected chi connectivity index (χ3v) is 4.24. The van der Waals surface area contributed by atoms with E-state index in [0.717, 1.165) is 18.9 Å². The highest BCUT2D eigenvalue weighted by Gasteiger charge is 2.17. The number of carboxylic acids is 1. The maximum absolute atomic E-state index is 11.9. The van der Waals surface area contributed by atoms with Crippen molar-refractivity contribution in [2.75, 3.05) is 5.32 Å². The molecule has 0 aromatic carbocycles. The third-order valence-electron chi connectivity index (χ3n) is 3.36. The molecule has 1 fully saturated rings. The standard InChI is InChI=1S/C14H18N2O3S/c17-12(8-10-4-2-1-3-5-10)16-14-15-9-11(20-14)6-7-13(18)19/h6-7,9-10H,1-5,8H2,(H,18,19)(H,15,16,17). The fourth-order valence-electron chi connectivity index (χ4n) is 2.40. The molecule has 1 aromatic heterocycles. The molecule has 1 amide bonds. The highest BCUT2D eigenvalue weighted by molar-refractivity contribution is 7.16. The van der Waals surface area contributed by atoms with Gasteiger partial charge in [0.05, 0.1) is 0 Å². The lowest BCUT2D eigenvalue weighted by atomic mass is 9.87. The van der Waals surface area contributed by atoms with Crippen molar-refractivity contribution in [2.45, 2.75) is 38.5 Å². The molecule has 1 heterocycles. The second kappa shape index (κ2) is 7.19. The monoisotopic (exact) mass is 294 g/mol. The molecule has 0 unspecified atom stereocenters. The molecule has 1 saturated carbocycles. The van der Waals surface area contributed by atoms with Crippen LogP contribution in [0.4, 0.5) is 5.13 Å². The van der Waals surface area contributed by atoms with Gasteiger partial charge in [-0.3, -0.25) is 4.79 Å².